The van der Waals surface area contributed by atoms with E-state index >= 15 is 0 Å². The Balaban J connectivity index is 1.45. The fourth-order valence-corrected chi connectivity index (χ4v) is 4.92. The van der Waals surface area contributed by atoms with Gasteiger partial charge in [0.1, 0.15) is 70.9 Å². The van der Waals surface area contributed by atoms with Crippen LogP contribution in [0.3, 0.4) is 0 Å². The van der Waals surface area contributed by atoms with Crippen molar-refractivity contribution in [3.05, 3.63) is 46.6 Å². The summed E-state index contributed by atoms with van der Waals surface area (Å²) >= 11 is 0. The Morgan fingerprint density at radius 2 is 1.48 bits per heavy atom. The van der Waals surface area contributed by atoms with Crippen molar-refractivity contribution in [3.8, 4) is 34.3 Å². The Morgan fingerprint density at radius 3 is 2.14 bits per heavy atom. The highest BCUT2D eigenvalue weighted by molar-refractivity contribution is 5.88. The van der Waals surface area contributed by atoms with Gasteiger partial charge in [0.15, 0.2) is 12.1 Å². The molecule has 0 amide bonds. The van der Waals surface area contributed by atoms with Crippen molar-refractivity contribution in [2.45, 2.75) is 68.3 Å². The second-order valence-electron chi connectivity index (χ2n) is 10.1. The summed E-state index contributed by atoms with van der Waals surface area (Å²) in [4.78, 5) is 13.5. The number of rotatable bonds is 6. The summed E-state index contributed by atoms with van der Waals surface area (Å²) in [6.07, 6.45) is -15.9. The predicted octanol–water partition coefficient (Wildman–Crippen LogP) is -1.39. The van der Waals surface area contributed by atoms with Gasteiger partial charge in [-0.05, 0) is 31.2 Å². The summed E-state index contributed by atoms with van der Waals surface area (Å²) < 4.78 is 28.2. The Morgan fingerprint density at radius 1 is 0.810 bits per heavy atom. The van der Waals surface area contributed by atoms with E-state index in [1.54, 1.807) is 0 Å². The topological polar surface area (TPSA) is 249 Å². The molecule has 2 aliphatic rings. The fraction of sp³-hybridized carbons (Fsp3) is 0.444. The lowest BCUT2D eigenvalue weighted by molar-refractivity contribution is -0.348. The first-order valence-corrected chi connectivity index (χ1v) is 12.9. The first-order chi connectivity index (χ1) is 19.9. The number of aliphatic hydroxyl groups excluding tert-OH is 6. The number of benzene rings is 2. The first kappa shape index (κ1) is 30.0. The van der Waals surface area contributed by atoms with E-state index < -0.39 is 84.9 Å². The highest BCUT2D eigenvalue weighted by Gasteiger charge is 2.50. The zero-order valence-corrected chi connectivity index (χ0v) is 21.9. The van der Waals surface area contributed by atoms with Crippen LogP contribution < -0.4 is 10.2 Å². The number of phenols is 3. The highest BCUT2D eigenvalue weighted by Crippen LogP contribution is 2.38. The van der Waals surface area contributed by atoms with Crippen molar-refractivity contribution in [2.75, 3.05) is 6.61 Å². The van der Waals surface area contributed by atoms with E-state index in [0.29, 0.717) is 0 Å². The zero-order valence-electron chi connectivity index (χ0n) is 21.9. The van der Waals surface area contributed by atoms with Crippen LogP contribution in [0, 0.1) is 0 Å². The number of ether oxygens (including phenoxy) is 4. The molecule has 0 bridgehead atoms. The third kappa shape index (κ3) is 5.37. The van der Waals surface area contributed by atoms with Gasteiger partial charge in [-0.2, -0.15) is 0 Å². The molecule has 2 aliphatic heterocycles. The van der Waals surface area contributed by atoms with E-state index in [2.05, 4.69) is 0 Å². The van der Waals surface area contributed by atoms with Crippen LogP contribution in [0.25, 0.3) is 22.3 Å². The van der Waals surface area contributed by atoms with Crippen molar-refractivity contribution in [1.29, 1.82) is 0 Å². The largest absolute Gasteiger partial charge is 0.508 e. The van der Waals surface area contributed by atoms with Crippen LogP contribution in [0.15, 0.2) is 45.6 Å². The number of hydrogen-bond donors (Lipinski definition) is 9. The van der Waals surface area contributed by atoms with E-state index in [9.17, 15) is 50.8 Å². The Kier molecular flexibility index (Phi) is 8.30. The van der Waals surface area contributed by atoms with Gasteiger partial charge in [0.05, 0.1) is 12.7 Å². The Hall–Kier alpha value is -3.51. The second-order valence-corrected chi connectivity index (χ2v) is 10.1. The van der Waals surface area contributed by atoms with Gasteiger partial charge < -0.3 is 69.3 Å². The third-order valence-corrected chi connectivity index (χ3v) is 7.20. The second kappa shape index (κ2) is 11.6. The molecular formula is C27H30O15. The average Bonchev–Trinajstić information content (AvgIpc) is 2.95. The van der Waals surface area contributed by atoms with Crippen molar-refractivity contribution in [1.82, 2.24) is 0 Å². The van der Waals surface area contributed by atoms with Gasteiger partial charge in [0.2, 0.25) is 17.5 Å². The SMILES string of the molecule is C[C@H]1O[C@H](Oc2c(-c3ccc(O)cc3)oc3cc(O)cc(O)c3c2=O)[C@H](O)[C@@H](O)[C@@H]1O[C@H]1O[C@H](CO)[C@@H](O)[C@H](O)[C@H]1O. The molecule has 0 radical (unpaired) electrons. The molecule has 9 N–H and O–H groups in total. The van der Waals surface area contributed by atoms with Gasteiger partial charge in [-0.3, -0.25) is 4.79 Å². The van der Waals surface area contributed by atoms with Gasteiger partial charge in [0.25, 0.3) is 0 Å². The summed E-state index contributed by atoms with van der Waals surface area (Å²) in [5.74, 6) is -1.84. The standard InChI is InChI=1S/C27H30O15/c1-9-23(41-27-21(36)19(34)17(32)15(8-28)40-27)20(35)22(37)26(38-9)42-25-18(33)16-13(31)6-12(30)7-14(16)39-24(25)10-2-4-11(29)5-3-10/h2-7,9,15,17,19-23,26-32,34-37H,8H2,1H3/t9-,15-,17-,19+,20-,21-,22-,23-,26-,27-/m1/s1. The molecule has 0 spiro atoms. The molecule has 0 aliphatic carbocycles. The van der Waals surface area contributed by atoms with Crippen LogP contribution in [0.5, 0.6) is 23.0 Å². The van der Waals surface area contributed by atoms with Gasteiger partial charge in [-0.1, -0.05) is 0 Å². The summed E-state index contributed by atoms with van der Waals surface area (Å²) in [5.41, 5.74) is -0.874. The number of fused-ring (bicyclic) bond motifs is 1. The maximum absolute atomic E-state index is 13.5. The maximum atomic E-state index is 13.5. The summed E-state index contributed by atoms with van der Waals surface area (Å²) in [6, 6.07) is 7.43. The molecule has 0 unspecified atom stereocenters. The summed E-state index contributed by atoms with van der Waals surface area (Å²) in [6.45, 7) is 0.702. The van der Waals surface area contributed by atoms with Crippen molar-refractivity contribution < 1.29 is 69.3 Å². The van der Waals surface area contributed by atoms with E-state index in [0.717, 1.165) is 12.1 Å². The van der Waals surface area contributed by atoms with E-state index in [1.165, 1.54) is 31.2 Å². The number of hydrogen-bond acceptors (Lipinski definition) is 15. The van der Waals surface area contributed by atoms with Crippen molar-refractivity contribution >= 4 is 11.0 Å². The van der Waals surface area contributed by atoms with Crippen LogP contribution in [-0.4, -0.2) is 114 Å². The number of aliphatic hydroxyl groups is 6. The molecule has 2 saturated heterocycles. The molecule has 42 heavy (non-hydrogen) atoms. The average molecular weight is 595 g/mol. The molecule has 0 saturated carbocycles. The normalized spacial score (nSPS) is 33.5. The van der Waals surface area contributed by atoms with Crippen LogP contribution >= 0.6 is 0 Å². The molecule has 1 aromatic heterocycles. The summed E-state index contributed by atoms with van der Waals surface area (Å²) in [7, 11) is 0. The molecule has 15 heteroatoms. The molecule has 5 rings (SSSR count). The van der Waals surface area contributed by atoms with E-state index in [-0.39, 0.29) is 33.8 Å². The van der Waals surface area contributed by atoms with Crippen LogP contribution in [-0.2, 0) is 14.2 Å². The monoisotopic (exact) mass is 594 g/mol. The third-order valence-electron chi connectivity index (χ3n) is 7.20. The molecule has 3 aromatic rings. The lowest BCUT2D eigenvalue weighted by Crippen LogP contribution is -2.64. The van der Waals surface area contributed by atoms with E-state index in [1.807, 2.05) is 0 Å². The minimum Gasteiger partial charge on any atom is -0.508 e. The molecular weight excluding hydrogens is 564 g/mol. The fourth-order valence-electron chi connectivity index (χ4n) is 4.92. The van der Waals surface area contributed by atoms with Crippen molar-refractivity contribution in [2.24, 2.45) is 0 Å². The lowest BCUT2D eigenvalue weighted by atomic mass is 9.97. The Labute approximate surface area is 236 Å². The van der Waals surface area contributed by atoms with Crippen LogP contribution in [0.1, 0.15) is 6.92 Å². The lowest BCUT2D eigenvalue weighted by Gasteiger charge is -2.45. The highest BCUT2D eigenvalue weighted by atomic mass is 16.7. The van der Waals surface area contributed by atoms with Gasteiger partial charge in [-0.25, -0.2) is 0 Å². The maximum Gasteiger partial charge on any atom is 0.239 e. The molecule has 2 fully saturated rings. The molecule has 228 valence electrons. The Bertz CT molecular complexity index is 1470. The molecule has 2 aromatic carbocycles. The van der Waals surface area contributed by atoms with E-state index in [4.69, 9.17) is 23.4 Å². The minimum atomic E-state index is -1.88. The van der Waals surface area contributed by atoms with Crippen molar-refractivity contribution in [3.63, 3.8) is 0 Å². The molecule has 10 atom stereocenters. The molecule has 15 nitrogen and oxygen atoms in total. The first-order valence-electron chi connectivity index (χ1n) is 12.9. The molecule has 3 heterocycles. The van der Waals surface area contributed by atoms with Gasteiger partial charge in [0, 0.05) is 17.7 Å². The quantitative estimate of drug-likeness (QED) is 0.159. The number of phenolic OH excluding ortho intramolecular Hbond substituents is 3. The van der Waals surface area contributed by atoms with Gasteiger partial charge >= 0.3 is 0 Å². The zero-order chi connectivity index (χ0) is 30.5. The van der Waals surface area contributed by atoms with Crippen LogP contribution in [0.2, 0.25) is 0 Å². The summed E-state index contributed by atoms with van der Waals surface area (Å²) in [5, 5.41) is 91.2. The van der Waals surface area contributed by atoms with Crippen LogP contribution in [0.4, 0.5) is 0 Å². The van der Waals surface area contributed by atoms with Gasteiger partial charge in [-0.15, -0.1) is 0 Å². The minimum absolute atomic E-state index is 0.0898. The predicted molar refractivity (Wildman–Crippen MR) is 139 cm³/mol. The number of aromatic hydroxyl groups is 3. The smallest absolute Gasteiger partial charge is 0.239 e.